The minimum Gasteiger partial charge on any atom is -0.384 e. The summed E-state index contributed by atoms with van der Waals surface area (Å²) in [5.41, 5.74) is 3.18. The second-order valence-corrected chi connectivity index (χ2v) is 4.67. The van der Waals surface area contributed by atoms with Crippen molar-refractivity contribution < 1.29 is 4.79 Å². The van der Waals surface area contributed by atoms with Crippen LogP contribution in [0.1, 0.15) is 18.4 Å². The molecule has 0 saturated heterocycles. The van der Waals surface area contributed by atoms with Gasteiger partial charge in [-0.3, -0.25) is 4.79 Å². The summed E-state index contributed by atoms with van der Waals surface area (Å²) in [6, 6.07) is 8.00. The first kappa shape index (κ1) is 11.7. The van der Waals surface area contributed by atoms with E-state index in [2.05, 4.69) is 11.9 Å². The summed E-state index contributed by atoms with van der Waals surface area (Å²) in [5.74, 6) is 0.0981. The van der Waals surface area contributed by atoms with Crippen LogP contribution in [0, 0.1) is 0 Å². The molecule has 1 aliphatic rings. The number of likely N-dealkylation sites (N-methyl/N-ethyl adjacent to an activating group) is 1. The van der Waals surface area contributed by atoms with E-state index in [0.29, 0.717) is 13.1 Å². The van der Waals surface area contributed by atoms with Crippen molar-refractivity contribution in [3.63, 3.8) is 0 Å². The van der Waals surface area contributed by atoms with Crippen molar-refractivity contribution >= 4 is 11.6 Å². The van der Waals surface area contributed by atoms with Gasteiger partial charge in [-0.15, -0.1) is 0 Å². The van der Waals surface area contributed by atoms with E-state index in [4.69, 9.17) is 0 Å². The summed E-state index contributed by atoms with van der Waals surface area (Å²) in [4.78, 5) is 14.0. The Kier molecular flexibility index (Phi) is 3.18. The number of nitrogens with one attached hydrogen (secondary N) is 1. The second-order valence-electron chi connectivity index (χ2n) is 4.67. The Hall–Kier alpha value is -1.77. The molecule has 2 rings (SSSR count). The minimum absolute atomic E-state index is 0.0597. The lowest BCUT2D eigenvalue weighted by Gasteiger charge is -2.21. The van der Waals surface area contributed by atoms with Crippen LogP contribution >= 0.6 is 0 Å². The summed E-state index contributed by atoms with van der Waals surface area (Å²) in [6.45, 7) is 7.09. The highest BCUT2D eigenvalue weighted by molar-refractivity contribution is 5.88. The van der Waals surface area contributed by atoms with Crippen LogP contribution in [0.4, 0.5) is 5.69 Å². The van der Waals surface area contributed by atoms with Gasteiger partial charge >= 0.3 is 0 Å². The highest BCUT2D eigenvalue weighted by Crippen LogP contribution is 2.32. The number of carbonyl (C=O) groups is 1. The topological polar surface area (TPSA) is 32.3 Å². The van der Waals surface area contributed by atoms with Crippen LogP contribution in [0.25, 0.3) is 0 Å². The van der Waals surface area contributed by atoms with Crippen LogP contribution in [0.5, 0.6) is 0 Å². The van der Waals surface area contributed by atoms with Crippen molar-refractivity contribution in [2.75, 3.05) is 25.5 Å². The quantitative estimate of drug-likeness (QED) is 0.808. The van der Waals surface area contributed by atoms with Crippen LogP contribution < -0.4 is 5.32 Å². The number of anilines is 1. The average Bonchev–Trinajstić information content (AvgIpc) is 2.70. The molecule has 1 aliphatic heterocycles. The molecule has 0 saturated carbocycles. The van der Waals surface area contributed by atoms with Crippen molar-refractivity contribution in [3.8, 4) is 0 Å². The Bertz CT molecular complexity index is 453. The third-order valence-corrected chi connectivity index (χ3v) is 3.01. The van der Waals surface area contributed by atoms with Gasteiger partial charge in [0.25, 0.3) is 0 Å². The first-order valence-electron chi connectivity index (χ1n) is 5.81. The molecule has 90 valence electrons. The van der Waals surface area contributed by atoms with Gasteiger partial charge in [0.1, 0.15) is 0 Å². The van der Waals surface area contributed by atoms with E-state index in [9.17, 15) is 4.79 Å². The van der Waals surface area contributed by atoms with E-state index in [1.54, 1.807) is 4.90 Å². The molecule has 0 aromatic heterocycles. The molecule has 1 atom stereocenters. The summed E-state index contributed by atoms with van der Waals surface area (Å²) in [6.07, 6.45) is 0. The van der Waals surface area contributed by atoms with E-state index < -0.39 is 0 Å². The zero-order valence-corrected chi connectivity index (χ0v) is 10.4. The smallest absolute Gasteiger partial charge is 0.232 e. The molecule has 1 amide bonds. The molecule has 0 spiro atoms. The maximum absolute atomic E-state index is 12.3. The van der Waals surface area contributed by atoms with Gasteiger partial charge < -0.3 is 10.2 Å². The fraction of sp³-hybridized carbons (Fsp3) is 0.357. The van der Waals surface area contributed by atoms with E-state index in [1.165, 1.54) is 0 Å². The molecule has 0 fully saturated rings. The maximum atomic E-state index is 12.3. The minimum atomic E-state index is -0.0597. The lowest BCUT2D eigenvalue weighted by Crippen LogP contribution is -2.33. The normalized spacial score (nSPS) is 17.2. The first-order chi connectivity index (χ1) is 8.09. The predicted molar refractivity (Wildman–Crippen MR) is 70.1 cm³/mol. The van der Waals surface area contributed by atoms with Gasteiger partial charge in [0.2, 0.25) is 5.91 Å². The monoisotopic (exact) mass is 230 g/mol. The molecule has 1 heterocycles. The summed E-state index contributed by atoms with van der Waals surface area (Å²) >= 11 is 0. The van der Waals surface area contributed by atoms with Crippen LogP contribution in [-0.4, -0.2) is 30.9 Å². The van der Waals surface area contributed by atoms with Crippen LogP contribution in [0.15, 0.2) is 36.4 Å². The average molecular weight is 230 g/mol. The molecular weight excluding hydrogens is 212 g/mol. The zero-order chi connectivity index (χ0) is 12.4. The van der Waals surface area contributed by atoms with Crippen molar-refractivity contribution in [3.05, 3.63) is 42.0 Å². The molecule has 17 heavy (non-hydrogen) atoms. The van der Waals surface area contributed by atoms with Crippen LogP contribution in [-0.2, 0) is 4.79 Å². The van der Waals surface area contributed by atoms with E-state index in [1.807, 2.05) is 38.2 Å². The van der Waals surface area contributed by atoms with Gasteiger partial charge in [0.15, 0.2) is 0 Å². The molecule has 1 aromatic carbocycles. The third kappa shape index (κ3) is 2.33. The Morgan fingerprint density at radius 3 is 2.94 bits per heavy atom. The molecule has 1 unspecified atom stereocenters. The number of amides is 1. The number of rotatable bonds is 3. The van der Waals surface area contributed by atoms with Crippen LogP contribution in [0.3, 0.4) is 0 Å². The third-order valence-electron chi connectivity index (χ3n) is 3.01. The highest BCUT2D eigenvalue weighted by atomic mass is 16.2. The molecule has 3 heteroatoms. The summed E-state index contributed by atoms with van der Waals surface area (Å²) < 4.78 is 0. The number of fused-ring (bicyclic) bond motifs is 1. The molecule has 3 nitrogen and oxygen atoms in total. The maximum Gasteiger partial charge on any atom is 0.232 e. The Labute approximate surface area is 102 Å². The summed E-state index contributed by atoms with van der Waals surface area (Å²) in [7, 11) is 1.83. The Morgan fingerprint density at radius 1 is 1.53 bits per heavy atom. The van der Waals surface area contributed by atoms with Crippen molar-refractivity contribution in [1.29, 1.82) is 0 Å². The lowest BCUT2D eigenvalue weighted by atomic mass is 10.00. The molecule has 1 aromatic rings. The zero-order valence-electron chi connectivity index (χ0n) is 10.4. The van der Waals surface area contributed by atoms with Crippen molar-refractivity contribution in [1.82, 2.24) is 4.90 Å². The van der Waals surface area contributed by atoms with Gasteiger partial charge in [-0.05, 0) is 18.6 Å². The number of benzene rings is 1. The fourth-order valence-electron chi connectivity index (χ4n) is 2.25. The standard InChI is InChI=1S/C14H18N2O/c1-10(2)9-16(3)14(17)12-8-15-13-7-5-4-6-11(12)13/h4-7,12,15H,1,8-9H2,2-3H3. The van der Waals surface area contributed by atoms with Gasteiger partial charge in [0.05, 0.1) is 5.92 Å². The summed E-state index contributed by atoms with van der Waals surface area (Å²) in [5, 5.41) is 3.27. The fourth-order valence-corrected chi connectivity index (χ4v) is 2.25. The van der Waals surface area contributed by atoms with Gasteiger partial charge in [-0.1, -0.05) is 30.4 Å². The molecule has 0 radical (unpaired) electrons. The number of para-hydroxylation sites is 1. The second kappa shape index (κ2) is 4.62. The van der Waals surface area contributed by atoms with E-state index in [0.717, 1.165) is 16.8 Å². The van der Waals surface area contributed by atoms with Gasteiger partial charge in [-0.25, -0.2) is 0 Å². The van der Waals surface area contributed by atoms with Crippen LogP contribution in [0.2, 0.25) is 0 Å². The van der Waals surface area contributed by atoms with E-state index >= 15 is 0 Å². The van der Waals surface area contributed by atoms with Crippen molar-refractivity contribution in [2.45, 2.75) is 12.8 Å². The first-order valence-corrected chi connectivity index (χ1v) is 5.81. The number of nitrogens with zero attached hydrogens (tertiary/aromatic N) is 1. The van der Waals surface area contributed by atoms with Crippen molar-refractivity contribution in [2.24, 2.45) is 0 Å². The Morgan fingerprint density at radius 2 is 2.24 bits per heavy atom. The molecule has 0 bridgehead atoms. The Balaban J connectivity index is 2.15. The lowest BCUT2D eigenvalue weighted by molar-refractivity contribution is -0.130. The molecular formula is C14H18N2O. The SMILES string of the molecule is C=C(C)CN(C)C(=O)C1CNc2ccccc21. The predicted octanol–water partition coefficient (Wildman–Crippen LogP) is 2.23. The largest absolute Gasteiger partial charge is 0.384 e. The highest BCUT2D eigenvalue weighted by Gasteiger charge is 2.29. The molecule has 1 N–H and O–H groups in total. The van der Waals surface area contributed by atoms with Gasteiger partial charge in [-0.2, -0.15) is 0 Å². The number of hydrogen-bond donors (Lipinski definition) is 1. The number of carbonyl (C=O) groups excluding carboxylic acids is 1. The number of hydrogen-bond acceptors (Lipinski definition) is 2. The molecule has 0 aliphatic carbocycles. The van der Waals surface area contributed by atoms with Gasteiger partial charge in [0, 0.05) is 25.8 Å². The van der Waals surface area contributed by atoms with E-state index in [-0.39, 0.29) is 11.8 Å².